The standard InChI is InChI=1S/C20H25NO4S/c1-15-7-9-16(10-8-15)6-4-5-13-21-20(22)17-11-12-18(25-2)19(14-17)26(3,23)24/h7-12,14H,4-6,13H2,1-3H3,(H,21,22). The van der Waals surface area contributed by atoms with Crippen molar-refractivity contribution in [1.29, 1.82) is 0 Å². The molecular weight excluding hydrogens is 350 g/mol. The molecule has 2 aromatic rings. The van der Waals surface area contributed by atoms with Gasteiger partial charge >= 0.3 is 0 Å². The highest BCUT2D eigenvalue weighted by molar-refractivity contribution is 7.90. The van der Waals surface area contributed by atoms with Gasteiger partial charge in [0.2, 0.25) is 0 Å². The smallest absolute Gasteiger partial charge is 0.251 e. The van der Waals surface area contributed by atoms with E-state index in [-0.39, 0.29) is 16.6 Å². The second kappa shape index (κ2) is 8.85. The van der Waals surface area contributed by atoms with E-state index in [0.29, 0.717) is 12.1 Å². The quantitative estimate of drug-likeness (QED) is 0.720. The lowest BCUT2D eigenvalue weighted by Crippen LogP contribution is -2.24. The van der Waals surface area contributed by atoms with Gasteiger partial charge in [-0.1, -0.05) is 29.8 Å². The number of ether oxygens (including phenoxy) is 1. The summed E-state index contributed by atoms with van der Waals surface area (Å²) in [5, 5.41) is 2.84. The highest BCUT2D eigenvalue weighted by Gasteiger charge is 2.17. The third-order valence-corrected chi connectivity index (χ3v) is 5.24. The molecule has 1 N–H and O–H groups in total. The van der Waals surface area contributed by atoms with E-state index >= 15 is 0 Å². The van der Waals surface area contributed by atoms with Crippen LogP contribution in [0.1, 0.15) is 34.3 Å². The molecule has 140 valence electrons. The van der Waals surface area contributed by atoms with Gasteiger partial charge in [-0.05, 0) is 49.9 Å². The van der Waals surface area contributed by atoms with Crippen molar-refractivity contribution >= 4 is 15.7 Å². The molecule has 0 fully saturated rings. The molecule has 0 saturated carbocycles. The number of nitrogens with one attached hydrogen (secondary N) is 1. The van der Waals surface area contributed by atoms with Crippen LogP contribution in [0.2, 0.25) is 0 Å². The minimum Gasteiger partial charge on any atom is -0.495 e. The van der Waals surface area contributed by atoms with Crippen molar-refractivity contribution in [2.24, 2.45) is 0 Å². The molecule has 0 bridgehead atoms. The number of carbonyl (C=O) groups excluding carboxylic acids is 1. The zero-order chi connectivity index (χ0) is 19.2. The summed E-state index contributed by atoms with van der Waals surface area (Å²) in [5.74, 6) is -0.0463. The Labute approximate surface area is 155 Å². The summed E-state index contributed by atoms with van der Waals surface area (Å²) < 4.78 is 28.7. The van der Waals surface area contributed by atoms with Gasteiger partial charge < -0.3 is 10.1 Å². The molecule has 0 aliphatic carbocycles. The Kier molecular flexibility index (Phi) is 6.80. The number of unbranched alkanes of at least 4 members (excludes halogenated alkanes) is 1. The predicted molar refractivity (Wildman–Crippen MR) is 103 cm³/mol. The van der Waals surface area contributed by atoms with Crippen LogP contribution in [0.4, 0.5) is 0 Å². The van der Waals surface area contributed by atoms with Crippen molar-refractivity contribution in [3.8, 4) is 5.75 Å². The molecule has 2 aromatic carbocycles. The fourth-order valence-electron chi connectivity index (χ4n) is 2.62. The zero-order valence-electron chi connectivity index (χ0n) is 15.4. The van der Waals surface area contributed by atoms with Crippen LogP contribution < -0.4 is 10.1 Å². The summed E-state index contributed by atoms with van der Waals surface area (Å²) in [6.07, 6.45) is 3.89. The average molecular weight is 375 g/mol. The van der Waals surface area contributed by atoms with Crippen molar-refractivity contribution in [1.82, 2.24) is 5.32 Å². The van der Waals surface area contributed by atoms with Gasteiger partial charge in [0, 0.05) is 18.4 Å². The third-order valence-electron chi connectivity index (χ3n) is 4.12. The number of aryl methyl sites for hydroxylation is 2. The Morgan fingerprint density at radius 2 is 1.77 bits per heavy atom. The number of methoxy groups -OCH3 is 1. The first-order valence-electron chi connectivity index (χ1n) is 8.53. The van der Waals surface area contributed by atoms with Gasteiger partial charge in [0.1, 0.15) is 10.6 Å². The van der Waals surface area contributed by atoms with Crippen LogP contribution in [0.25, 0.3) is 0 Å². The fraction of sp³-hybridized carbons (Fsp3) is 0.350. The van der Waals surface area contributed by atoms with Crippen LogP contribution in [-0.4, -0.2) is 34.2 Å². The van der Waals surface area contributed by atoms with Gasteiger partial charge in [0.25, 0.3) is 5.91 Å². The zero-order valence-corrected chi connectivity index (χ0v) is 16.2. The maximum absolute atomic E-state index is 12.2. The summed E-state index contributed by atoms with van der Waals surface area (Å²) in [5.41, 5.74) is 2.84. The van der Waals surface area contributed by atoms with E-state index in [1.807, 2.05) is 0 Å². The number of benzene rings is 2. The van der Waals surface area contributed by atoms with E-state index in [0.717, 1.165) is 25.5 Å². The van der Waals surface area contributed by atoms with Crippen LogP contribution in [0.3, 0.4) is 0 Å². The lowest BCUT2D eigenvalue weighted by Gasteiger charge is -2.10. The van der Waals surface area contributed by atoms with E-state index in [4.69, 9.17) is 4.74 Å². The molecule has 0 atom stereocenters. The van der Waals surface area contributed by atoms with Crippen LogP contribution in [0.15, 0.2) is 47.4 Å². The first-order valence-corrected chi connectivity index (χ1v) is 10.4. The summed E-state index contributed by atoms with van der Waals surface area (Å²) in [6, 6.07) is 12.9. The monoisotopic (exact) mass is 375 g/mol. The van der Waals surface area contributed by atoms with Crippen LogP contribution in [0, 0.1) is 6.92 Å². The molecule has 6 heteroatoms. The Bertz CT molecular complexity index is 858. The molecule has 0 aliphatic heterocycles. The minimum atomic E-state index is -3.47. The largest absolute Gasteiger partial charge is 0.495 e. The number of carbonyl (C=O) groups is 1. The number of hydrogen-bond acceptors (Lipinski definition) is 4. The normalized spacial score (nSPS) is 11.2. The second-order valence-electron chi connectivity index (χ2n) is 6.34. The maximum Gasteiger partial charge on any atom is 0.251 e. The molecule has 2 rings (SSSR count). The molecule has 26 heavy (non-hydrogen) atoms. The van der Waals surface area contributed by atoms with Crippen molar-refractivity contribution in [2.75, 3.05) is 19.9 Å². The number of amides is 1. The Hall–Kier alpha value is -2.34. The lowest BCUT2D eigenvalue weighted by molar-refractivity contribution is 0.0952. The third kappa shape index (κ3) is 5.59. The van der Waals surface area contributed by atoms with Gasteiger partial charge in [-0.25, -0.2) is 8.42 Å². The molecule has 0 aromatic heterocycles. The SMILES string of the molecule is COc1ccc(C(=O)NCCCCc2ccc(C)cc2)cc1S(C)(=O)=O. The van der Waals surface area contributed by atoms with Crippen LogP contribution >= 0.6 is 0 Å². The molecule has 0 radical (unpaired) electrons. The molecule has 0 spiro atoms. The molecule has 1 amide bonds. The van der Waals surface area contributed by atoms with E-state index in [2.05, 4.69) is 36.5 Å². The van der Waals surface area contributed by atoms with Crippen LogP contribution in [-0.2, 0) is 16.3 Å². The van der Waals surface area contributed by atoms with E-state index in [1.165, 1.54) is 30.4 Å². The maximum atomic E-state index is 12.2. The Balaban J connectivity index is 1.87. The molecular formula is C20H25NO4S. The van der Waals surface area contributed by atoms with Gasteiger partial charge in [-0.3, -0.25) is 4.79 Å². The number of rotatable bonds is 8. The number of hydrogen-bond donors (Lipinski definition) is 1. The average Bonchev–Trinajstić information content (AvgIpc) is 2.61. The van der Waals surface area contributed by atoms with Crippen LogP contribution in [0.5, 0.6) is 5.75 Å². The highest BCUT2D eigenvalue weighted by atomic mass is 32.2. The summed E-state index contributed by atoms with van der Waals surface area (Å²) in [4.78, 5) is 12.3. The minimum absolute atomic E-state index is 0.0204. The molecule has 5 nitrogen and oxygen atoms in total. The topological polar surface area (TPSA) is 72.5 Å². The van der Waals surface area contributed by atoms with Crippen molar-refractivity contribution < 1.29 is 17.9 Å². The van der Waals surface area contributed by atoms with Gasteiger partial charge in [-0.15, -0.1) is 0 Å². The Morgan fingerprint density at radius 1 is 1.08 bits per heavy atom. The van der Waals surface area contributed by atoms with Gasteiger partial charge in [-0.2, -0.15) is 0 Å². The highest BCUT2D eigenvalue weighted by Crippen LogP contribution is 2.24. The lowest BCUT2D eigenvalue weighted by atomic mass is 10.1. The summed E-state index contributed by atoms with van der Waals surface area (Å²) >= 11 is 0. The fourth-order valence-corrected chi connectivity index (χ4v) is 3.48. The molecule has 0 heterocycles. The van der Waals surface area contributed by atoms with Crippen molar-refractivity contribution in [3.05, 3.63) is 59.2 Å². The molecule has 0 saturated heterocycles. The first-order chi connectivity index (χ1) is 12.3. The first kappa shape index (κ1) is 20.0. The predicted octanol–water partition coefficient (Wildman–Crippen LogP) is 3.16. The van der Waals surface area contributed by atoms with E-state index in [9.17, 15) is 13.2 Å². The summed E-state index contributed by atoms with van der Waals surface area (Å²) in [7, 11) is -2.07. The van der Waals surface area contributed by atoms with Gasteiger partial charge in [0.05, 0.1) is 7.11 Å². The van der Waals surface area contributed by atoms with Crippen molar-refractivity contribution in [3.63, 3.8) is 0 Å². The number of sulfone groups is 1. The Morgan fingerprint density at radius 3 is 2.38 bits per heavy atom. The molecule has 0 aliphatic rings. The van der Waals surface area contributed by atoms with Crippen molar-refractivity contribution in [2.45, 2.75) is 31.1 Å². The van der Waals surface area contributed by atoms with Gasteiger partial charge in [0.15, 0.2) is 9.84 Å². The van der Waals surface area contributed by atoms with E-state index in [1.54, 1.807) is 6.07 Å². The molecule has 0 unspecified atom stereocenters. The van der Waals surface area contributed by atoms with E-state index < -0.39 is 9.84 Å². The second-order valence-corrected chi connectivity index (χ2v) is 8.32. The summed E-state index contributed by atoms with van der Waals surface area (Å²) in [6.45, 7) is 2.61.